The molecule has 0 unspecified atom stereocenters. The van der Waals surface area contributed by atoms with Crippen LogP contribution in [0.4, 0.5) is 13.2 Å². The Balaban J connectivity index is 1.28. The van der Waals surface area contributed by atoms with Crippen molar-refractivity contribution in [2.24, 2.45) is 13.0 Å². The number of amides is 1. The van der Waals surface area contributed by atoms with Gasteiger partial charge >= 0.3 is 0 Å². The van der Waals surface area contributed by atoms with Crippen molar-refractivity contribution < 1.29 is 22.9 Å². The molecule has 0 saturated carbocycles. The first-order chi connectivity index (χ1) is 21.5. The van der Waals surface area contributed by atoms with Crippen LogP contribution in [-0.4, -0.2) is 62.2 Å². The lowest BCUT2D eigenvalue weighted by atomic mass is 9.70. The van der Waals surface area contributed by atoms with Gasteiger partial charge in [-0.2, -0.15) is 5.10 Å². The van der Waals surface area contributed by atoms with E-state index in [2.05, 4.69) is 60.7 Å². The highest BCUT2D eigenvalue weighted by atomic mass is 35.5. The fourth-order valence-corrected chi connectivity index (χ4v) is 8.64. The van der Waals surface area contributed by atoms with E-state index in [1.54, 1.807) is 6.33 Å². The molecule has 7 nitrogen and oxygen atoms in total. The third-order valence-electron chi connectivity index (χ3n) is 11.3. The second-order valence-electron chi connectivity index (χ2n) is 15.2. The van der Waals surface area contributed by atoms with Crippen molar-refractivity contribution in [3.63, 3.8) is 0 Å². The molecule has 3 aromatic rings. The third-order valence-corrected chi connectivity index (χ3v) is 11.7. The number of halogens is 4. The average Bonchev–Trinajstić information content (AvgIpc) is 3.58. The molecule has 6 rings (SSSR count). The van der Waals surface area contributed by atoms with Crippen LogP contribution >= 0.6 is 11.6 Å². The maximum Gasteiger partial charge on any atom is 0.226 e. The quantitative estimate of drug-likeness (QED) is 0.312. The summed E-state index contributed by atoms with van der Waals surface area (Å²) in [6.45, 7) is 14.8. The highest BCUT2D eigenvalue weighted by Gasteiger charge is 2.56. The normalized spacial score (nSPS) is 23.6. The van der Waals surface area contributed by atoms with Gasteiger partial charge in [-0.1, -0.05) is 31.5 Å². The van der Waals surface area contributed by atoms with E-state index in [1.807, 2.05) is 23.6 Å². The molecule has 2 aliphatic heterocycles. The summed E-state index contributed by atoms with van der Waals surface area (Å²) in [4.78, 5) is 26.7. The predicted octanol–water partition coefficient (Wildman–Crippen LogP) is 6.24. The van der Waals surface area contributed by atoms with Gasteiger partial charge < -0.3 is 4.90 Å². The third kappa shape index (κ3) is 5.43. The van der Waals surface area contributed by atoms with Crippen molar-refractivity contribution in [1.82, 2.24) is 24.6 Å². The minimum absolute atomic E-state index is 0.0389. The maximum absolute atomic E-state index is 15.2. The highest BCUT2D eigenvalue weighted by Crippen LogP contribution is 2.56. The molecule has 1 N–H and O–H groups in total. The molecule has 2 aromatic heterocycles. The summed E-state index contributed by atoms with van der Waals surface area (Å²) in [7, 11) is 1.92. The monoisotopic (exact) mass is 657 g/mol. The highest BCUT2D eigenvalue weighted by molar-refractivity contribution is 6.31. The Morgan fingerprint density at radius 3 is 2.37 bits per heavy atom. The summed E-state index contributed by atoms with van der Waals surface area (Å²) in [6.07, 6.45) is 4.52. The molecule has 248 valence electrons. The van der Waals surface area contributed by atoms with Gasteiger partial charge in [-0.25, -0.2) is 23.1 Å². The van der Waals surface area contributed by atoms with E-state index in [4.69, 9.17) is 11.6 Å². The van der Waals surface area contributed by atoms with Crippen LogP contribution in [0.3, 0.4) is 0 Å². The number of rotatable bonds is 4. The van der Waals surface area contributed by atoms with Crippen LogP contribution in [0, 0.1) is 30.3 Å². The van der Waals surface area contributed by atoms with E-state index in [0.717, 1.165) is 36.8 Å². The summed E-state index contributed by atoms with van der Waals surface area (Å²) in [5.74, 6) is -4.03. The Bertz CT molecular complexity index is 1660. The summed E-state index contributed by atoms with van der Waals surface area (Å²) >= 11 is 6.68. The van der Waals surface area contributed by atoms with Crippen LogP contribution in [0.5, 0.6) is 0 Å². The molecule has 4 heterocycles. The molecular formula is C35H45ClF3N6O+. The lowest BCUT2D eigenvalue weighted by Crippen LogP contribution is -2.54. The molecule has 46 heavy (non-hydrogen) atoms. The van der Waals surface area contributed by atoms with E-state index in [-0.39, 0.29) is 33.8 Å². The zero-order valence-electron chi connectivity index (χ0n) is 27.9. The number of nitrogens with zero attached hydrogens (tertiary/aromatic N) is 5. The van der Waals surface area contributed by atoms with Gasteiger partial charge in [0, 0.05) is 67.9 Å². The zero-order chi connectivity index (χ0) is 33.3. The van der Waals surface area contributed by atoms with Crippen molar-refractivity contribution in [2.75, 3.05) is 26.2 Å². The minimum Gasteiger partial charge on any atom is -0.342 e. The van der Waals surface area contributed by atoms with E-state index in [9.17, 15) is 13.6 Å². The van der Waals surface area contributed by atoms with Gasteiger partial charge in [0.25, 0.3) is 0 Å². The predicted molar refractivity (Wildman–Crippen MR) is 170 cm³/mol. The fraction of sp³-hybridized carbons (Fsp3) is 0.600. The summed E-state index contributed by atoms with van der Waals surface area (Å²) < 4.78 is 45.4. The number of aryl methyl sites for hydroxylation is 2. The molecule has 2 fully saturated rings. The molecule has 3 atom stereocenters. The van der Waals surface area contributed by atoms with Gasteiger partial charge in [0.2, 0.25) is 5.91 Å². The number of hydrogen-bond donors (Lipinski definition) is 0. The first-order valence-corrected chi connectivity index (χ1v) is 16.7. The van der Waals surface area contributed by atoms with Gasteiger partial charge in [-0.05, 0) is 70.7 Å². The van der Waals surface area contributed by atoms with E-state index in [1.165, 1.54) is 17.3 Å². The molecule has 1 spiro atoms. The lowest BCUT2D eigenvalue weighted by Gasteiger charge is -2.46. The van der Waals surface area contributed by atoms with Crippen LogP contribution in [0.15, 0.2) is 24.5 Å². The summed E-state index contributed by atoms with van der Waals surface area (Å²) in [5.41, 5.74) is 2.63. The molecule has 0 bridgehead atoms. The van der Waals surface area contributed by atoms with Crippen molar-refractivity contribution >= 4 is 17.5 Å². The SMILES string of the molecule is Cc1[nH+]c2c(cc1Cl)[C@H](C(C)(C)c1ncnn1C)CC21CCN(C(=O)[C@@H]2CCN(C(C)(C)C)C[C@H]2c2ccc(F)c(F)c2F)CC1. The average molecular weight is 658 g/mol. The second kappa shape index (κ2) is 11.6. The summed E-state index contributed by atoms with van der Waals surface area (Å²) in [5, 5.41) is 5.04. The van der Waals surface area contributed by atoms with Crippen molar-refractivity contribution in [3.05, 3.63) is 75.3 Å². The Labute approximate surface area is 274 Å². The first kappa shape index (κ1) is 32.9. The van der Waals surface area contributed by atoms with Gasteiger partial charge in [0.1, 0.15) is 17.2 Å². The number of carbonyl (C=O) groups excluding carboxylic acids is 1. The lowest BCUT2D eigenvalue weighted by molar-refractivity contribution is -0.407. The molecular weight excluding hydrogens is 613 g/mol. The number of nitrogens with one attached hydrogen (secondary N) is 1. The van der Waals surface area contributed by atoms with Crippen LogP contribution in [0.2, 0.25) is 5.02 Å². The maximum atomic E-state index is 15.2. The Kier molecular flexibility index (Phi) is 8.32. The topological polar surface area (TPSA) is 68.4 Å². The van der Waals surface area contributed by atoms with E-state index >= 15 is 4.39 Å². The van der Waals surface area contributed by atoms with E-state index < -0.39 is 29.3 Å². The number of aromatic nitrogens is 4. The van der Waals surface area contributed by atoms with Gasteiger partial charge in [-0.3, -0.25) is 14.4 Å². The molecule has 11 heteroatoms. The Hall–Kier alpha value is -2.98. The van der Waals surface area contributed by atoms with Crippen LogP contribution < -0.4 is 4.98 Å². The first-order valence-electron chi connectivity index (χ1n) is 16.3. The number of benzene rings is 1. The number of fused-ring (bicyclic) bond motifs is 2. The minimum atomic E-state index is -1.48. The van der Waals surface area contributed by atoms with Gasteiger partial charge in [0.15, 0.2) is 28.8 Å². The molecule has 1 aromatic carbocycles. The van der Waals surface area contributed by atoms with Crippen LogP contribution in [0.25, 0.3) is 0 Å². The largest absolute Gasteiger partial charge is 0.342 e. The molecule has 3 aliphatic rings. The van der Waals surface area contributed by atoms with Crippen LogP contribution in [-0.2, 0) is 22.7 Å². The zero-order valence-corrected chi connectivity index (χ0v) is 28.6. The Morgan fingerprint density at radius 2 is 1.74 bits per heavy atom. The van der Waals surface area contributed by atoms with Crippen molar-refractivity contribution in [3.8, 4) is 0 Å². The van der Waals surface area contributed by atoms with Crippen LogP contribution in [0.1, 0.15) is 100 Å². The van der Waals surface area contributed by atoms with Gasteiger partial charge in [-0.15, -0.1) is 0 Å². The molecule has 2 saturated heterocycles. The Morgan fingerprint density at radius 1 is 1.04 bits per heavy atom. The fourth-order valence-electron chi connectivity index (χ4n) is 8.48. The van der Waals surface area contributed by atoms with Crippen molar-refractivity contribution in [1.29, 1.82) is 0 Å². The summed E-state index contributed by atoms with van der Waals surface area (Å²) in [6, 6.07) is 4.38. The second-order valence-corrected chi connectivity index (χ2v) is 15.7. The number of aromatic amines is 1. The standard InChI is InChI=1S/C35H44ClF3N6O/c1-20-26(36)16-23-25(34(5,6)32-40-19-41-43(32)7)17-35(30(23)42-20)11-14-44(15-12-35)31(46)22-10-13-45(33(2,3)4)18-24(22)21-8-9-27(37)29(39)28(21)38/h8-9,16,19,22,24-25H,10-15,17-18H2,1-7H3/p+1/t22-,24+,25-/m1/s1. The number of hydrogen-bond acceptors (Lipinski definition) is 4. The van der Waals surface area contributed by atoms with Crippen molar-refractivity contribution in [2.45, 2.75) is 95.4 Å². The number of piperidine rings is 2. The van der Waals surface area contributed by atoms with Gasteiger partial charge in [0.05, 0.1) is 5.41 Å². The molecule has 0 radical (unpaired) electrons. The molecule has 1 aliphatic carbocycles. The number of H-pyrrole nitrogens is 1. The molecule has 1 amide bonds. The smallest absolute Gasteiger partial charge is 0.226 e. The number of likely N-dealkylation sites (tertiary alicyclic amines) is 2. The number of pyridine rings is 1. The van der Waals surface area contributed by atoms with E-state index in [0.29, 0.717) is 37.6 Å². The number of carbonyl (C=O) groups is 1.